The third-order valence-electron chi connectivity index (χ3n) is 2.34. The van der Waals surface area contributed by atoms with Crippen LogP contribution in [0.15, 0.2) is 35.1 Å². The second-order valence-corrected chi connectivity index (χ2v) is 3.37. The van der Waals surface area contributed by atoms with Gasteiger partial charge < -0.3 is 9.52 Å². The van der Waals surface area contributed by atoms with Gasteiger partial charge in [-0.2, -0.15) is 15.3 Å². The Morgan fingerprint density at radius 3 is 3.00 bits per heavy atom. The van der Waals surface area contributed by atoms with Crippen LogP contribution in [-0.2, 0) is 0 Å². The van der Waals surface area contributed by atoms with Crippen LogP contribution in [0.4, 0.5) is 0 Å². The number of hydrogen-bond acceptors (Lipinski definition) is 5. The number of aromatic nitrogens is 3. The molecule has 0 bridgehead atoms. The maximum absolute atomic E-state index is 9.30. The Hall–Kier alpha value is -2.81. The molecule has 0 radical (unpaired) electrons. The van der Waals surface area contributed by atoms with Crippen LogP contribution in [0.25, 0.3) is 17.1 Å². The molecule has 1 N–H and O–H groups in total. The number of rotatable bonds is 1. The van der Waals surface area contributed by atoms with Crippen molar-refractivity contribution < 1.29 is 9.52 Å². The van der Waals surface area contributed by atoms with Gasteiger partial charge in [0.2, 0.25) is 5.88 Å². The summed E-state index contributed by atoms with van der Waals surface area (Å²) in [7, 11) is 0. The molecule has 6 nitrogen and oxygen atoms in total. The number of furan rings is 1. The molecule has 6 heteroatoms. The first kappa shape index (κ1) is 9.42. The Balaban J connectivity index is 2.37. The van der Waals surface area contributed by atoms with Gasteiger partial charge in [0.25, 0.3) is 0 Å². The van der Waals surface area contributed by atoms with Crippen LogP contribution < -0.4 is 0 Å². The molecule has 0 saturated carbocycles. The summed E-state index contributed by atoms with van der Waals surface area (Å²) in [5.74, 6) is 0.339. The fourth-order valence-electron chi connectivity index (χ4n) is 1.61. The average molecular weight is 226 g/mol. The average Bonchev–Trinajstić information content (AvgIpc) is 2.94. The monoisotopic (exact) mass is 226 g/mol. The van der Waals surface area contributed by atoms with Gasteiger partial charge in [-0.05, 0) is 12.1 Å². The summed E-state index contributed by atoms with van der Waals surface area (Å²) >= 11 is 0. The Morgan fingerprint density at radius 2 is 2.29 bits per heavy atom. The SMILES string of the molecule is N#Cc1c(-c2ccco2)nn2ccc(O)nc12. The van der Waals surface area contributed by atoms with E-state index in [0.717, 1.165) is 0 Å². The molecule has 0 fully saturated rings. The molecule has 82 valence electrons. The lowest BCUT2D eigenvalue weighted by atomic mass is 10.2. The minimum absolute atomic E-state index is 0.153. The second-order valence-electron chi connectivity index (χ2n) is 3.37. The van der Waals surface area contributed by atoms with Crippen molar-refractivity contribution in [3.8, 4) is 23.4 Å². The summed E-state index contributed by atoms with van der Waals surface area (Å²) in [5, 5.41) is 22.6. The summed E-state index contributed by atoms with van der Waals surface area (Å²) < 4.78 is 6.63. The number of hydrogen-bond donors (Lipinski definition) is 1. The van der Waals surface area contributed by atoms with E-state index in [-0.39, 0.29) is 11.4 Å². The summed E-state index contributed by atoms with van der Waals surface area (Å²) in [5.41, 5.74) is 0.991. The zero-order valence-corrected chi connectivity index (χ0v) is 8.53. The van der Waals surface area contributed by atoms with E-state index in [4.69, 9.17) is 9.68 Å². The van der Waals surface area contributed by atoms with Crippen molar-refractivity contribution in [3.63, 3.8) is 0 Å². The molecule has 3 rings (SSSR count). The van der Waals surface area contributed by atoms with Gasteiger partial charge in [-0.1, -0.05) is 0 Å². The van der Waals surface area contributed by atoms with Gasteiger partial charge in [0.15, 0.2) is 11.4 Å². The fraction of sp³-hybridized carbons (Fsp3) is 0. The van der Waals surface area contributed by atoms with Crippen molar-refractivity contribution in [2.45, 2.75) is 0 Å². The topological polar surface area (TPSA) is 87.4 Å². The van der Waals surface area contributed by atoms with Crippen LogP contribution in [0.3, 0.4) is 0 Å². The molecular weight excluding hydrogens is 220 g/mol. The Kier molecular flexibility index (Phi) is 1.86. The predicted molar refractivity (Wildman–Crippen MR) is 57.1 cm³/mol. The highest BCUT2D eigenvalue weighted by Gasteiger charge is 2.17. The molecule has 3 aromatic rings. The third kappa shape index (κ3) is 1.33. The van der Waals surface area contributed by atoms with E-state index in [1.165, 1.54) is 23.0 Å². The first-order valence-electron chi connectivity index (χ1n) is 4.82. The van der Waals surface area contributed by atoms with E-state index < -0.39 is 0 Å². The van der Waals surface area contributed by atoms with Gasteiger partial charge >= 0.3 is 0 Å². The molecule has 3 aromatic heterocycles. The number of nitrogens with zero attached hydrogens (tertiary/aromatic N) is 4. The molecule has 0 aliphatic carbocycles. The second kappa shape index (κ2) is 3.35. The first-order chi connectivity index (χ1) is 8.29. The lowest BCUT2D eigenvalue weighted by Gasteiger charge is -1.91. The summed E-state index contributed by atoms with van der Waals surface area (Å²) in [6, 6.07) is 6.84. The molecule has 0 saturated heterocycles. The molecule has 0 unspecified atom stereocenters. The number of aromatic hydroxyl groups is 1. The number of fused-ring (bicyclic) bond motifs is 1. The van der Waals surface area contributed by atoms with E-state index in [0.29, 0.717) is 17.1 Å². The highest BCUT2D eigenvalue weighted by molar-refractivity contribution is 5.72. The van der Waals surface area contributed by atoms with E-state index >= 15 is 0 Å². The van der Waals surface area contributed by atoms with Crippen LogP contribution in [0.1, 0.15) is 5.56 Å². The minimum atomic E-state index is -0.153. The van der Waals surface area contributed by atoms with Crippen molar-refractivity contribution in [1.29, 1.82) is 5.26 Å². The minimum Gasteiger partial charge on any atom is -0.493 e. The van der Waals surface area contributed by atoms with Gasteiger partial charge in [-0.3, -0.25) is 0 Å². The maximum atomic E-state index is 9.30. The van der Waals surface area contributed by atoms with Crippen LogP contribution in [0, 0.1) is 11.3 Å². The van der Waals surface area contributed by atoms with E-state index in [9.17, 15) is 5.11 Å². The van der Waals surface area contributed by atoms with Crippen molar-refractivity contribution in [3.05, 3.63) is 36.2 Å². The van der Waals surface area contributed by atoms with E-state index in [2.05, 4.69) is 10.1 Å². The van der Waals surface area contributed by atoms with Crippen molar-refractivity contribution >= 4 is 5.65 Å². The zero-order chi connectivity index (χ0) is 11.8. The van der Waals surface area contributed by atoms with Gasteiger partial charge in [0.1, 0.15) is 17.3 Å². The van der Waals surface area contributed by atoms with E-state index in [1.807, 2.05) is 6.07 Å². The number of nitriles is 1. The van der Waals surface area contributed by atoms with Crippen LogP contribution in [0.2, 0.25) is 0 Å². The highest BCUT2D eigenvalue weighted by atomic mass is 16.3. The molecule has 3 heterocycles. The highest BCUT2D eigenvalue weighted by Crippen LogP contribution is 2.25. The van der Waals surface area contributed by atoms with Gasteiger partial charge in [-0.25, -0.2) is 4.52 Å². The lowest BCUT2D eigenvalue weighted by Crippen LogP contribution is -1.88. The molecule has 0 amide bonds. The summed E-state index contributed by atoms with van der Waals surface area (Å²) in [4.78, 5) is 3.87. The third-order valence-corrected chi connectivity index (χ3v) is 2.34. The van der Waals surface area contributed by atoms with Gasteiger partial charge in [0.05, 0.1) is 6.26 Å². The summed E-state index contributed by atoms with van der Waals surface area (Å²) in [6.07, 6.45) is 3.04. The van der Waals surface area contributed by atoms with Gasteiger partial charge in [0, 0.05) is 12.3 Å². The molecule has 0 spiro atoms. The van der Waals surface area contributed by atoms with Gasteiger partial charge in [-0.15, -0.1) is 0 Å². The van der Waals surface area contributed by atoms with E-state index in [1.54, 1.807) is 12.1 Å². The Bertz CT molecular complexity index is 722. The Labute approximate surface area is 95.4 Å². The van der Waals surface area contributed by atoms with Crippen molar-refractivity contribution in [1.82, 2.24) is 14.6 Å². The summed E-state index contributed by atoms with van der Waals surface area (Å²) in [6.45, 7) is 0. The quantitative estimate of drug-likeness (QED) is 0.680. The zero-order valence-electron chi connectivity index (χ0n) is 8.53. The van der Waals surface area contributed by atoms with Crippen LogP contribution in [0.5, 0.6) is 5.88 Å². The Morgan fingerprint density at radius 1 is 1.41 bits per heavy atom. The maximum Gasteiger partial charge on any atom is 0.214 e. The van der Waals surface area contributed by atoms with Crippen LogP contribution in [-0.4, -0.2) is 19.7 Å². The largest absolute Gasteiger partial charge is 0.493 e. The first-order valence-corrected chi connectivity index (χ1v) is 4.82. The van der Waals surface area contributed by atoms with Crippen molar-refractivity contribution in [2.24, 2.45) is 0 Å². The van der Waals surface area contributed by atoms with Crippen LogP contribution >= 0.6 is 0 Å². The molecule has 0 atom stereocenters. The smallest absolute Gasteiger partial charge is 0.214 e. The predicted octanol–water partition coefficient (Wildman–Crippen LogP) is 1.57. The molecule has 0 aliphatic heterocycles. The normalized spacial score (nSPS) is 10.5. The molecule has 0 aromatic carbocycles. The van der Waals surface area contributed by atoms with Crippen molar-refractivity contribution in [2.75, 3.05) is 0 Å². The molecular formula is C11H6N4O2. The molecule has 17 heavy (non-hydrogen) atoms. The standard InChI is InChI=1S/C11H6N4O2/c12-6-7-10(8-2-1-5-17-8)14-15-4-3-9(16)13-11(7)15/h1-5H,(H,13,16). The molecule has 0 aliphatic rings. The lowest BCUT2D eigenvalue weighted by molar-refractivity contribution is 0.453. The fourth-order valence-corrected chi connectivity index (χ4v) is 1.61.